The Bertz CT molecular complexity index is 1380. The first-order valence-electron chi connectivity index (χ1n) is 10.2. The molecule has 3 aromatic heterocycles. The number of aliphatic hydroxyl groups is 1. The fourth-order valence-electron chi connectivity index (χ4n) is 3.68. The van der Waals surface area contributed by atoms with Gasteiger partial charge < -0.3 is 19.4 Å². The second kappa shape index (κ2) is 7.21. The van der Waals surface area contributed by atoms with E-state index >= 15 is 0 Å². The lowest BCUT2D eigenvalue weighted by atomic mass is 9.85. The molecule has 0 aliphatic rings. The topological polar surface area (TPSA) is 80.3 Å². The molecular formula is C24H24N6O. The van der Waals surface area contributed by atoms with E-state index in [0.717, 1.165) is 39.2 Å². The molecule has 0 fully saturated rings. The van der Waals surface area contributed by atoms with E-state index in [1.54, 1.807) is 6.20 Å². The van der Waals surface area contributed by atoms with Crippen LogP contribution in [0, 0.1) is 0 Å². The molecule has 0 saturated carbocycles. The lowest BCUT2D eigenvalue weighted by molar-refractivity contribution is 0.218. The van der Waals surface area contributed by atoms with Crippen LogP contribution in [0.3, 0.4) is 0 Å². The first-order chi connectivity index (χ1) is 14.9. The summed E-state index contributed by atoms with van der Waals surface area (Å²) in [4.78, 5) is 13.8. The van der Waals surface area contributed by atoms with Crippen LogP contribution in [0.5, 0.6) is 0 Å². The SMILES string of the molecule is Cn1cnc2cc(-c3cn4ccnc4c(Nc4ccc(C(C)(C)CO)cc4)n3)ccc21. The third-order valence-corrected chi connectivity index (χ3v) is 5.72. The van der Waals surface area contributed by atoms with Gasteiger partial charge in [0.1, 0.15) is 0 Å². The minimum absolute atomic E-state index is 0.0959. The van der Waals surface area contributed by atoms with Gasteiger partial charge in [-0.1, -0.05) is 32.0 Å². The molecule has 0 saturated heterocycles. The van der Waals surface area contributed by atoms with Gasteiger partial charge in [-0.25, -0.2) is 15.0 Å². The molecule has 0 spiro atoms. The summed E-state index contributed by atoms with van der Waals surface area (Å²) < 4.78 is 3.97. The summed E-state index contributed by atoms with van der Waals surface area (Å²) in [5.74, 6) is 0.679. The van der Waals surface area contributed by atoms with Gasteiger partial charge >= 0.3 is 0 Å². The minimum atomic E-state index is -0.281. The van der Waals surface area contributed by atoms with E-state index in [0.29, 0.717) is 5.82 Å². The Labute approximate surface area is 180 Å². The molecule has 0 bridgehead atoms. The first kappa shape index (κ1) is 19.3. The van der Waals surface area contributed by atoms with E-state index in [1.165, 1.54) is 0 Å². The van der Waals surface area contributed by atoms with Gasteiger partial charge in [0.2, 0.25) is 0 Å². The molecule has 2 N–H and O–H groups in total. The van der Waals surface area contributed by atoms with E-state index < -0.39 is 0 Å². The van der Waals surface area contributed by atoms with Gasteiger partial charge in [0.05, 0.1) is 29.7 Å². The smallest absolute Gasteiger partial charge is 0.180 e. The predicted molar refractivity (Wildman–Crippen MR) is 123 cm³/mol. The summed E-state index contributed by atoms with van der Waals surface area (Å²) >= 11 is 0. The van der Waals surface area contributed by atoms with Crippen molar-refractivity contribution >= 4 is 28.2 Å². The van der Waals surface area contributed by atoms with Crippen LogP contribution in [0.4, 0.5) is 11.5 Å². The van der Waals surface area contributed by atoms with Crippen molar-refractivity contribution in [3.05, 3.63) is 72.9 Å². The fourth-order valence-corrected chi connectivity index (χ4v) is 3.68. The third-order valence-electron chi connectivity index (χ3n) is 5.72. The van der Waals surface area contributed by atoms with Gasteiger partial charge in [-0.3, -0.25) is 0 Å². The number of aryl methyl sites for hydroxylation is 1. The molecule has 156 valence electrons. The van der Waals surface area contributed by atoms with Gasteiger partial charge in [0.15, 0.2) is 11.5 Å². The van der Waals surface area contributed by atoms with E-state index in [-0.39, 0.29) is 12.0 Å². The van der Waals surface area contributed by atoms with Gasteiger partial charge in [-0.05, 0) is 29.8 Å². The summed E-state index contributed by atoms with van der Waals surface area (Å²) in [6, 6.07) is 14.2. The zero-order valence-electron chi connectivity index (χ0n) is 17.7. The van der Waals surface area contributed by atoms with E-state index in [1.807, 2.05) is 72.8 Å². The number of imidazole rings is 2. The number of fused-ring (bicyclic) bond motifs is 2. The van der Waals surface area contributed by atoms with Crippen LogP contribution < -0.4 is 5.32 Å². The van der Waals surface area contributed by atoms with Crippen molar-refractivity contribution in [1.82, 2.24) is 23.9 Å². The Morgan fingerprint density at radius 1 is 1.06 bits per heavy atom. The minimum Gasteiger partial charge on any atom is -0.395 e. The van der Waals surface area contributed by atoms with Crippen LogP contribution in [0.15, 0.2) is 67.4 Å². The highest BCUT2D eigenvalue weighted by Crippen LogP contribution is 2.28. The van der Waals surface area contributed by atoms with Crippen LogP contribution in [-0.2, 0) is 12.5 Å². The molecule has 0 aliphatic carbocycles. The van der Waals surface area contributed by atoms with Crippen LogP contribution >= 0.6 is 0 Å². The molecule has 5 rings (SSSR count). The average molecular weight is 412 g/mol. The quantitative estimate of drug-likeness (QED) is 0.450. The van der Waals surface area contributed by atoms with Crippen LogP contribution in [0.2, 0.25) is 0 Å². The summed E-state index contributed by atoms with van der Waals surface area (Å²) in [6.45, 7) is 4.14. The van der Waals surface area contributed by atoms with Crippen molar-refractivity contribution in [3.63, 3.8) is 0 Å². The van der Waals surface area contributed by atoms with Crippen molar-refractivity contribution in [3.8, 4) is 11.3 Å². The van der Waals surface area contributed by atoms with Crippen molar-refractivity contribution in [2.45, 2.75) is 19.3 Å². The number of nitrogens with one attached hydrogen (secondary N) is 1. The number of anilines is 2. The highest BCUT2D eigenvalue weighted by molar-refractivity contribution is 5.82. The predicted octanol–water partition coefficient (Wildman–Crippen LogP) is 4.30. The number of rotatable bonds is 5. The molecular weight excluding hydrogens is 388 g/mol. The highest BCUT2D eigenvalue weighted by Gasteiger charge is 2.19. The van der Waals surface area contributed by atoms with Gasteiger partial charge in [-0.2, -0.15) is 0 Å². The highest BCUT2D eigenvalue weighted by atomic mass is 16.3. The molecule has 7 heteroatoms. The fraction of sp³-hybridized carbons (Fsp3) is 0.208. The molecule has 0 amide bonds. The lowest BCUT2D eigenvalue weighted by Crippen LogP contribution is -2.21. The average Bonchev–Trinajstić information content (AvgIpc) is 3.40. The molecule has 5 aromatic rings. The Hall–Kier alpha value is -3.71. The molecule has 31 heavy (non-hydrogen) atoms. The van der Waals surface area contributed by atoms with E-state index in [4.69, 9.17) is 4.98 Å². The largest absolute Gasteiger partial charge is 0.395 e. The maximum absolute atomic E-state index is 9.61. The zero-order chi connectivity index (χ0) is 21.6. The van der Waals surface area contributed by atoms with E-state index in [9.17, 15) is 5.11 Å². The molecule has 2 aromatic carbocycles. The number of aliphatic hydroxyl groups excluding tert-OH is 1. The van der Waals surface area contributed by atoms with Crippen molar-refractivity contribution < 1.29 is 5.11 Å². The monoisotopic (exact) mass is 412 g/mol. The van der Waals surface area contributed by atoms with E-state index in [2.05, 4.69) is 33.5 Å². The molecule has 0 radical (unpaired) electrons. The summed E-state index contributed by atoms with van der Waals surface area (Å²) in [7, 11) is 1.99. The standard InChI is InChI=1S/C24H24N6O/c1-24(2,14-31)17-5-7-18(8-6-17)27-22-23-25-10-11-30(23)13-20(28-22)16-4-9-21-19(12-16)26-15-29(21)3/h4-13,15,31H,14H2,1-3H3,(H,27,28). The summed E-state index contributed by atoms with van der Waals surface area (Å²) in [5.41, 5.74) is 6.30. The maximum Gasteiger partial charge on any atom is 0.180 e. The Morgan fingerprint density at radius 2 is 1.87 bits per heavy atom. The van der Waals surface area contributed by atoms with Gasteiger partial charge in [-0.15, -0.1) is 0 Å². The van der Waals surface area contributed by atoms with Crippen LogP contribution in [0.25, 0.3) is 27.9 Å². The van der Waals surface area contributed by atoms with Gasteiger partial charge in [0, 0.05) is 42.3 Å². The summed E-state index contributed by atoms with van der Waals surface area (Å²) in [5, 5.41) is 13.0. The Kier molecular flexibility index (Phi) is 4.48. The second-order valence-corrected chi connectivity index (χ2v) is 8.44. The van der Waals surface area contributed by atoms with Crippen molar-refractivity contribution in [2.75, 3.05) is 11.9 Å². The number of hydrogen-bond acceptors (Lipinski definition) is 5. The molecule has 0 aliphatic heterocycles. The Morgan fingerprint density at radius 3 is 2.65 bits per heavy atom. The number of nitrogens with zero attached hydrogens (tertiary/aromatic N) is 5. The normalized spacial score (nSPS) is 12.0. The molecule has 0 atom stereocenters. The maximum atomic E-state index is 9.61. The molecule has 3 heterocycles. The number of hydrogen-bond donors (Lipinski definition) is 2. The van der Waals surface area contributed by atoms with Crippen molar-refractivity contribution in [1.29, 1.82) is 0 Å². The zero-order valence-corrected chi connectivity index (χ0v) is 17.7. The van der Waals surface area contributed by atoms with Gasteiger partial charge in [0.25, 0.3) is 0 Å². The summed E-state index contributed by atoms with van der Waals surface area (Å²) in [6.07, 6.45) is 7.47. The Balaban J connectivity index is 1.53. The number of aromatic nitrogens is 5. The third kappa shape index (κ3) is 3.43. The van der Waals surface area contributed by atoms with Crippen molar-refractivity contribution in [2.24, 2.45) is 7.05 Å². The number of benzene rings is 2. The van der Waals surface area contributed by atoms with Crippen LogP contribution in [0.1, 0.15) is 19.4 Å². The molecule has 0 unspecified atom stereocenters. The molecule has 7 nitrogen and oxygen atoms in total. The first-order valence-corrected chi connectivity index (χ1v) is 10.2. The second-order valence-electron chi connectivity index (χ2n) is 8.44. The lowest BCUT2D eigenvalue weighted by Gasteiger charge is -2.22. The van der Waals surface area contributed by atoms with Crippen LogP contribution in [-0.4, -0.2) is 35.6 Å².